The molecule has 0 amide bonds. The Morgan fingerprint density at radius 1 is 1.35 bits per heavy atom. The largest absolute Gasteiger partial charge is 0.507 e. The van der Waals surface area contributed by atoms with Gasteiger partial charge in [0.2, 0.25) is 0 Å². The Kier molecular flexibility index (Phi) is 4.52. The van der Waals surface area contributed by atoms with Crippen LogP contribution in [0.15, 0.2) is 35.6 Å². The third kappa shape index (κ3) is 2.91. The number of fused-ring (bicyclic) bond motifs is 3. The van der Waals surface area contributed by atoms with Crippen molar-refractivity contribution in [3.63, 3.8) is 0 Å². The summed E-state index contributed by atoms with van der Waals surface area (Å²) in [6.07, 6.45) is 6.75. The maximum atomic E-state index is 10.7. The molecule has 0 saturated carbocycles. The molecule has 0 radical (unpaired) electrons. The summed E-state index contributed by atoms with van der Waals surface area (Å²) in [5.41, 5.74) is 4.66. The average Bonchev–Trinajstić information content (AvgIpc) is 2.88. The number of hydrogen-bond acceptors (Lipinski definition) is 2. The van der Waals surface area contributed by atoms with E-state index in [-0.39, 0.29) is 5.92 Å². The van der Waals surface area contributed by atoms with E-state index in [1.165, 1.54) is 29.6 Å². The van der Waals surface area contributed by atoms with Crippen molar-refractivity contribution in [1.29, 1.82) is 0 Å². The molecule has 1 aliphatic heterocycles. The van der Waals surface area contributed by atoms with Gasteiger partial charge in [-0.3, -0.25) is 0 Å². The van der Waals surface area contributed by atoms with Crippen LogP contribution in [-0.4, -0.2) is 5.11 Å². The molecule has 0 spiro atoms. The summed E-state index contributed by atoms with van der Waals surface area (Å²) < 4.78 is 6.21. The molecule has 1 aliphatic carbocycles. The summed E-state index contributed by atoms with van der Waals surface area (Å²) in [5.74, 6) is 2.84. The van der Waals surface area contributed by atoms with E-state index in [9.17, 15) is 5.11 Å². The molecule has 2 heteroatoms. The average molecular weight is 312 g/mol. The maximum absolute atomic E-state index is 10.7. The van der Waals surface area contributed by atoms with Gasteiger partial charge >= 0.3 is 0 Å². The second-order valence-corrected chi connectivity index (χ2v) is 7.20. The standard InChI is InChI=1S/C21H28O2/c1-5-6-7-8-15-11-17(22)20-18(12-15)23-21-14(4)9-10-16(13(2)3)19(20)21/h11-12,16,19,22H,2,5-10H2,1,3-4H3. The molecule has 23 heavy (non-hydrogen) atoms. The van der Waals surface area contributed by atoms with Gasteiger partial charge in [-0.15, -0.1) is 0 Å². The molecule has 124 valence electrons. The molecular weight excluding hydrogens is 284 g/mol. The van der Waals surface area contributed by atoms with Crippen LogP contribution in [-0.2, 0) is 6.42 Å². The Morgan fingerprint density at radius 2 is 2.13 bits per heavy atom. The number of rotatable bonds is 5. The number of allylic oxidation sites excluding steroid dienone is 3. The van der Waals surface area contributed by atoms with E-state index in [1.807, 2.05) is 6.07 Å². The van der Waals surface area contributed by atoms with Crippen molar-refractivity contribution < 1.29 is 9.84 Å². The minimum absolute atomic E-state index is 0.154. The first-order chi connectivity index (χ1) is 11.0. The highest BCUT2D eigenvalue weighted by Gasteiger charge is 2.41. The zero-order valence-corrected chi connectivity index (χ0v) is 14.6. The lowest BCUT2D eigenvalue weighted by Gasteiger charge is -2.30. The fraction of sp³-hybridized carbons (Fsp3) is 0.524. The Balaban J connectivity index is 1.97. The fourth-order valence-electron chi connectivity index (χ4n) is 4.03. The van der Waals surface area contributed by atoms with Crippen LogP contribution in [0, 0.1) is 5.92 Å². The molecule has 2 aliphatic rings. The molecule has 0 fully saturated rings. The van der Waals surface area contributed by atoms with Gasteiger partial charge in [-0.2, -0.15) is 0 Å². The van der Waals surface area contributed by atoms with E-state index in [4.69, 9.17) is 4.74 Å². The fourth-order valence-corrected chi connectivity index (χ4v) is 4.03. The van der Waals surface area contributed by atoms with E-state index in [0.717, 1.165) is 42.8 Å². The Morgan fingerprint density at radius 3 is 2.83 bits per heavy atom. The zero-order chi connectivity index (χ0) is 16.6. The van der Waals surface area contributed by atoms with Crippen molar-refractivity contribution in [2.24, 2.45) is 5.92 Å². The molecular formula is C21H28O2. The van der Waals surface area contributed by atoms with Crippen molar-refractivity contribution >= 4 is 0 Å². The number of phenols is 1. The first kappa shape index (κ1) is 16.2. The number of benzene rings is 1. The van der Waals surface area contributed by atoms with Crippen LogP contribution in [0.4, 0.5) is 0 Å². The summed E-state index contributed by atoms with van der Waals surface area (Å²) in [4.78, 5) is 0. The van der Waals surface area contributed by atoms with Crippen molar-refractivity contribution in [3.05, 3.63) is 46.7 Å². The van der Waals surface area contributed by atoms with Gasteiger partial charge in [-0.05, 0) is 68.7 Å². The van der Waals surface area contributed by atoms with Gasteiger partial charge in [0.1, 0.15) is 17.3 Å². The zero-order valence-electron chi connectivity index (χ0n) is 14.6. The molecule has 1 N–H and O–H groups in total. The van der Waals surface area contributed by atoms with Crippen LogP contribution >= 0.6 is 0 Å². The van der Waals surface area contributed by atoms with Gasteiger partial charge in [0.25, 0.3) is 0 Å². The third-order valence-electron chi connectivity index (χ3n) is 5.35. The lowest BCUT2D eigenvalue weighted by atomic mass is 9.73. The Labute approximate surface area is 139 Å². The molecule has 3 rings (SSSR count). The number of aryl methyl sites for hydroxylation is 1. The predicted molar refractivity (Wildman–Crippen MR) is 94.9 cm³/mol. The molecule has 1 aromatic rings. The molecule has 2 atom stereocenters. The highest BCUT2D eigenvalue weighted by Crippen LogP contribution is 2.55. The van der Waals surface area contributed by atoms with Crippen molar-refractivity contribution in [3.8, 4) is 11.5 Å². The van der Waals surface area contributed by atoms with E-state index >= 15 is 0 Å². The van der Waals surface area contributed by atoms with Crippen LogP contribution in [0.2, 0.25) is 0 Å². The topological polar surface area (TPSA) is 29.5 Å². The smallest absolute Gasteiger partial charge is 0.134 e. The van der Waals surface area contributed by atoms with Crippen molar-refractivity contribution in [1.82, 2.24) is 0 Å². The highest BCUT2D eigenvalue weighted by atomic mass is 16.5. The van der Waals surface area contributed by atoms with Crippen LogP contribution in [0.3, 0.4) is 0 Å². The highest BCUT2D eigenvalue weighted by molar-refractivity contribution is 5.58. The van der Waals surface area contributed by atoms with Crippen LogP contribution < -0.4 is 4.74 Å². The summed E-state index contributed by atoms with van der Waals surface area (Å²) >= 11 is 0. The molecule has 0 saturated heterocycles. The molecule has 0 bridgehead atoms. The first-order valence-corrected chi connectivity index (χ1v) is 8.91. The van der Waals surface area contributed by atoms with Gasteiger partial charge in [0, 0.05) is 5.56 Å². The number of unbranched alkanes of at least 4 members (excludes halogenated alkanes) is 2. The Bertz CT molecular complexity index is 654. The number of ether oxygens (including phenoxy) is 1. The molecule has 2 unspecified atom stereocenters. The minimum atomic E-state index is 0.154. The number of hydrogen-bond donors (Lipinski definition) is 1. The van der Waals surface area contributed by atoms with Gasteiger partial charge in [0.05, 0.1) is 5.92 Å². The van der Waals surface area contributed by atoms with E-state index in [1.54, 1.807) is 0 Å². The SMILES string of the molecule is C=C(C)C1CCC(C)=C2Oc3cc(CCCCC)cc(O)c3C21. The summed E-state index contributed by atoms with van der Waals surface area (Å²) in [5, 5.41) is 10.7. The quantitative estimate of drug-likeness (QED) is 0.545. The normalized spacial score (nSPS) is 22.6. The van der Waals surface area contributed by atoms with Crippen LogP contribution in [0.25, 0.3) is 0 Å². The monoisotopic (exact) mass is 312 g/mol. The first-order valence-electron chi connectivity index (χ1n) is 8.91. The van der Waals surface area contributed by atoms with E-state index in [0.29, 0.717) is 11.7 Å². The maximum Gasteiger partial charge on any atom is 0.134 e. The van der Waals surface area contributed by atoms with Crippen molar-refractivity contribution in [2.45, 2.75) is 65.2 Å². The lowest BCUT2D eigenvalue weighted by molar-refractivity contribution is 0.352. The van der Waals surface area contributed by atoms with Crippen LogP contribution in [0.5, 0.6) is 11.5 Å². The predicted octanol–water partition coefficient (Wildman–Crippen LogP) is 5.86. The van der Waals surface area contributed by atoms with Gasteiger partial charge in [-0.1, -0.05) is 31.9 Å². The number of aromatic hydroxyl groups is 1. The molecule has 2 nitrogen and oxygen atoms in total. The van der Waals surface area contributed by atoms with E-state index in [2.05, 4.69) is 33.4 Å². The minimum Gasteiger partial charge on any atom is -0.507 e. The van der Waals surface area contributed by atoms with Gasteiger partial charge < -0.3 is 9.84 Å². The molecule has 1 heterocycles. The van der Waals surface area contributed by atoms with E-state index < -0.39 is 0 Å². The molecule has 0 aromatic heterocycles. The van der Waals surface area contributed by atoms with Gasteiger partial charge in [0.15, 0.2) is 0 Å². The second kappa shape index (κ2) is 6.43. The summed E-state index contributed by atoms with van der Waals surface area (Å²) in [6, 6.07) is 4.08. The number of phenolic OH excluding ortho intramolecular Hbond substituents is 1. The molecule has 1 aromatic carbocycles. The van der Waals surface area contributed by atoms with Crippen molar-refractivity contribution in [2.75, 3.05) is 0 Å². The second-order valence-electron chi connectivity index (χ2n) is 7.20. The lowest BCUT2D eigenvalue weighted by Crippen LogP contribution is -2.20. The summed E-state index contributed by atoms with van der Waals surface area (Å²) in [7, 11) is 0. The third-order valence-corrected chi connectivity index (χ3v) is 5.35. The van der Waals surface area contributed by atoms with Crippen LogP contribution in [0.1, 0.15) is 69.9 Å². The summed E-state index contributed by atoms with van der Waals surface area (Å²) in [6.45, 7) is 10.6. The Hall–Kier alpha value is -1.70. The van der Waals surface area contributed by atoms with Gasteiger partial charge in [-0.25, -0.2) is 0 Å².